The van der Waals surface area contributed by atoms with E-state index in [-0.39, 0.29) is 22.6 Å². The van der Waals surface area contributed by atoms with E-state index in [0.29, 0.717) is 17.0 Å². The Morgan fingerprint density at radius 3 is 2.67 bits per heavy atom. The monoisotopic (exact) mass is 483 g/mol. The van der Waals surface area contributed by atoms with Crippen molar-refractivity contribution >= 4 is 22.7 Å². The second kappa shape index (κ2) is 8.00. The largest absolute Gasteiger partial charge is 0.324 e. The van der Waals surface area contributed by atoms with Gasteiger partial charge in [-0.3, -0.25) is 9.78 Å². The average molecular weight is 484 g/mol. The molecule has 0 spiro atoms. The molecule has 0 radical (unpaired) electrons. The van der Waals surface area contributed by atoms with E-state index in [1.165, 1.54) is 11.1 Å². The van der Waals surface area contributed by atoms with E-state index >= 15 is 0 Å². The van der Waals surface area contributed by atoms with Crippen LogP contribution in [0.4, 0.5) is 11.6 Å². The molecule has 0 amide bonds. The van der Waals surface area contributed by atoms with Gasteiger partial charge in [-0.1, -0.05) is 26.8 Å². The molecule has 2 aliphatic rings. The quantitative estimate of drug-likeness (QED) is 0.436. The summed E-state index contributed by atoms with van der Waals surface area (Å²) in [6.07, 6.45) is 6.43. The summed E-state index contributed by atoms with van der Waals surface area (Å²) in [5.74, 6) is 0.474. The minimum absolute atomic E-state index is 0.0419. The van der Waals surface area contributed by atoms with Crippen LogP contribution in [0.5, 0.6) is 0 Å². The Hall–Kier alpha value is -3.52. The first-order chi connectivity index (χ1) is 17.1. The van der Waals surface area contributed by atoms with E-state index in [0.717, 1.165) is 42.9 Å². The highest BCUT2D eigenvalue weighted by atomic mass is 16.1. The molecule has 4 aromatic rings. The zero-order valence-corrected chi connectivity index (χ0v) is 21.6. The van der Waals surface area contributed by atoms with Gasteiger partial charge in [0.15, 0.2) is 5.65 Å². The first-order valence-corrected chi connectivity index (χ1v) is 12.7. The summed E-state index contributed by atoms with van der Waals surface area (Å²) in [6.45, 7) is 11.8. The minimum Gasteiger partial charge on any atom is -0.324 e. The molecular formula is C28H33N7O. The predicted molar refractivity (Wildman–Crippen MR) is 142 cm³/mol. The molecule has 8 heteroatoms. The van der Waals surface area contributed by atoms with Gasteiger partial charge in [-0.25, -0.2) is 14.3 Å². The number of nitrogens with zero attached hydrogens (tertiary/aromatic N) is 5. The second-order valence-corrected chi connectivity index (χ2v) is 11.6. The van der Waals surface area contributed by atoms with Crippen molar-refractivity contribution < 1.29 is 0 Å². The maximum atomic E-state index is 13.4. The Morgan fingerprint density at radius 1 is 1.11 bits per heavy atom. The molecule has 36 heavy (non-hydrogen) atoms. The van der Waals surface area contributed by atoms with Crippen molar-refractivity contribution in [3.8, 4) is 5.69 Å². The Labute approximate surface area is 210 Å². The lowest BCUT2D eigenvalue weighted by Crippen LogP contribution is -2.42. The highest BCUT2D eigenvalue weighted by Gasteiger charge is 2.31. The maximum Gasteiger partial charge on any atom is 0.278 e. The van der Waals surface area contributed by atoms with Crippen LogP contribution in [0.25, 0.3) is 16.7 Å². The third-order valence-corrected chi connectivity index (χ3v) is 7.27. The van der Waals surface area contributed by atoms with Crippen LogP contribution < -0.4 is 16.2 Å². The van der Waals surface area contributed by atoms with Gasteiger partial charge in [0.2, 0.25) is 5.95 Å². The Morgan fingerprint density at radius 2 is 1.92 bits per heavy atom. The van der Waals surface area contributed by atoms with Crippen LogP contribution in [0.2, 0.25) is 0 Å². The molecule has 8 nitrogen and oxygen atoms in total. The fourth-order valence-electron chi connectivity index (χ4n) is 5.14. The fourth-order valence-corrected chi connectivity index (χ4v) is 5.14. The van der Waals surface area contributed by atoms with E-state index in [4.69, 9.17) is 4.98 Å². The average Bonchev–Trinajstić information content (AvgIpc) is 3.62. The van der Waals surface area contributed by atoms with Crippen LogP contribution >= 0.6 is 0 Å². The topological polar surface area (TPSA) is 89.7 Å². The number of rotatable bonds is 4. The summed E-state index contributed by atoms with van der Waals surface area (Å²) in [5, 5.41) is 7.49. The van der Waals surface area contributed by atoms with E-state index < -0.39 is 0 Å². The number of hydrogen-bond donors (Lipinski definition) is 2. The summed E-state index contributed by atoms with van der Waals surface area (Å²) in [4.78, 5) is 27.4. The maximum absolute atomic E-state index is 13.4. The zero-order chi connectivity index (χ0) is 25.2. The van der Waals surface area contributed by atoms with Gasteiger partial charge >= 0.3 is 0 Å². The number of nitrogens with one attached hydrogen (secondary N) is 2. The van der Waals surface area contributed by atoms with E-state index in [1.54, 1.807) is 6.20 Å². The molecule has 1 saturated carbocycles. The number of benzene rings is 1. The zero-order valence-electron chi connectivity index (χ0n) is 21.6. The molecule has 1 fully saturated rings. The standard InChI is InChI=1S/C28H33N7O/c1-27(2,3)23-15-20(11-12-29-23)34-24-21(25(36)35(34)19-7-8-19)16-30-26(33-24)32-18-6-9-22-17(14-18)10-13-31-28(22,4)5/h6,9,11-12,14-16,19,31H,7-8,10,13H2,1-5H3,(H,30,32,33). The summed E-state index contributed by atoms with van der Waals surface area (Å²) in [6, 6.07) is 10.6. The highest BCUT2D eigenvalue weighted by molar-refractivity contribution is 5.77. The van der Waals surface area contributed by atoms with Crippen LogP contribution in [0.3, 0.4) is 0 Å². The SMILES string of the molecule is CC(C)(C)c1cc(-n2c3nc(Nc4ccc5c(c4)CCNC5(C)C)ncc3c(=O)n2C2CC2)ccn1. The summed E-state index contributed by atoms with van der Waals surface area (Å²) in [7, 11) is 0. The molecule has 0 unspecified atom stereocenters. The normalized spacial score (nSPS) is 17.2. The van der Waals surface area contributed by atoms with Crippen molar-refractivity contribution in [1.29, 1.82) is 0 Å². The van der Waals surface area contributed by atoms with Crippen molar-refractivity contribution in [3.05, 3.63) is 69.9 Å². The van der Waals surface area contributed by atoms with Gasteiger partial charge in [0.25, 0.3) is 5.56 Å². The predicted octanol–water partition coefficient (Wildman–Crippen LogP) is 4.73. The van der Waals surface area contributed by atoms with E-state index in [2.05, 4.69) is 79.5 Å². The third-order valence-electron chi connectivity index (χ3n) is 7.27. The summed E-state index contributed by atoms with van der Waals surface area (Å²) < 4.78 is 3.80. The van der Waals surface area contributed by atoms with Crippen molar-refractivity contribution in [2.24, 2.45) is 0 Å². The van der Waals surface area contributed by atoms with Crippen LogP contribution in [0.1, 0.15) is 70.3 Å². The number of hydrogen-bond acceptors (Lipinski definition) is 6. The Bertz CT molecular complexity index is 1540. The molecule has 1 aliphatic carbocycles. The molecule has 4 heterocycles. The van der Waals surface area contributed by atoms with Crippen LogP contribution in [0, 0.1) is 0 Å². The highest BCUT2D eigenvalue weighted by Crippen LogP contribution is 2.36. The lowest BCUT2D eigenvalue weighted by molar-refractivity contribution is 0.382. The molecule has 0 atom stereocenters. The Kier molecular flexibility index (Phi) is 5.09. The van der Waals surface area contributed by atoms with Gasteiger partial charge in [-0.2, -0.15) is 4.98 Å². The summed E-state index contributed by atoms with van der Waals surface area (Å²) >= 11 is 0. The molecule has 186 valence electrons. The molecule has 6 rings (SSSR count). The van der Waals surface area contributed by atoms with Crippen LogP contribution in [-0.2, 0) is 17.4 Å². The van der Waals surface area contributed by atoms with Crippen molar-refractivity contribution in [3.63, 3.8) is 0 Å². The van der Waals surface area contributed by atoms with Crippen molar-refractivity contribution in [2.75, 3.05) is 11.9 Å². The van der Waals surface area contributed by atoms with Gasteiger partial charge in [0.1, 0.15) is 5.39 Å². The molecular weight excluding hydrogens is 450 g/mol. The molecule has 0 saturated heterocycles. The van der Waals surface area contributed by atoms with Crippen LogP contribution in [0.15, 0.2) is 47.5 Å². The third kappa shape index (κ3) is 3.89. The van der Waals surface area contributed by atoms with Crippen LogP contribution in [-0.4, -0.2) is 30.9 Å². The number of pyridine rings is 1. The van der Waals surface area contributed by atoms with Crippen molar-refractivity contribution in [2.45, 2.75) is 70.9 Å². The second-order valence-electron chi connectivity index (χ2n) is 11.6. The van der Waals surface area contributed by atoms with Crippen molar-refractivity contribution in [1.82, 2.24) is 29.6 Å². The molecule has 1 aliphatic heterocycles. The smallest absolute Gasteiger partial charge is 0.278 e. The first-order valence-electron chi connectivity index (χ1n) is 12.7. The number of fused-ring (bicyclic) bond motifs is 2. The van der Waals surface area contributed by atoms with E-state index in [1.807, 2.05) is 21.6 Å². The first kappa shape index (κ1) is 22.9. The lowest BCUT2D eigenvalue weighted by atomic mass is 9.85. The minimum atomic E-state index is -0.109. The number of aromatic nitrogens is 5. The Balaban J connectivity index is 1.45. The molecule has 1 aromatic carbocycles. The fraction of sp³-hybridized carbons (Fsp3) is 0.429. The summed E-state index contributed by atoms with van der Waals surface area (Å²) in [5.41, 5.74) is 5.86. The number of anilines is 2. The molecule has 0 bridgehead atoms. The van der Waals surface area contributed by atoms with Gasteiger partial charge in [-0.05, 0) is 75.0 Å². The van der Waals surface area contributed by atoms with Gasteiger partial charge in [0.05, 0.1) is 11.7 Å². The van der Waals surface area contributed by atoms with Gasteiger partial charge in [0, 0.05) is 34.7 Å². The van der Waals surface area contributed by atoms with E-state index in [9.17, 15) is 4.79 Å². The molecule has 2 N–H and O–H groups in total. The van der Waals surface area contributed by atoms with Gasteiger partial charge in [-0.15, -0.1) is 0 Å². The lowest BCUT2D eigenvalue weighted by Gasteiger charge is -2.34. The molecule has 3 aromatic heterocycles. The van der Waals surface area contributed by atoms with Gasteiger partial charge < -0.3 is 10.6 Å².